The molecule has 0 aliphatic heterocycles. The lowest BCUT2D eigenvalue weighted by atomic mass is 10.1. The number of nitrogen functional groups attached to an aromatic ring is 1. The molecular weight excluding hydrogens is 296 g/mol. The van der Waals surface area contributed by atoms with Crippen molar-refractivity contribution >= 4 is 45.4 Å². The van der Waals surface area contributed by atoms with Gasteiger partial charge in [0, 0.05) is 17.0 Å². The molecule has 1 fully saturated rings. The number of thiazole rings is 1. The monoisotopic (exact) mass is 308 g/mol. The molecule has 2 aromatic rings. The van der Waals surface area contributed by atoms with Crippen molar-refractivity contribution in [3.63, 3.8) is 0 Å². The second-order valence-electron chi connectivity index (χ2n) is 4.77. The van der Waals surface area contributed by atoms with Crippen molar-refractivity contribution in [3.8, 4) is 0 Å². The van der Waals surface area contributed by atoms with Gasteiger partial charge in [0.15, 0.2) is 5.13 Å². The number of anilines is 3. The Bertz CT molecular complexity index is 681. The van der Waals surface area contributed by atoms with Crippen LogP contribution >= 0.6 is 22.9 Å². The summed E-state index contributed by atoms with van der Waals surface area (Å²) in [7, 11) is 0. The lowest BCUT2D eigenvalue weighted by Crippen LogP contribution is -2.14. The maximum Gasteiger partial charge on any atom is 0.250 e. The van der Waals surface area contributed by atoms with Crippen LogP contribution in [0.5, 0.6) is 0 Å². The molecule has 104 valence electrons. The molecule has 0 unspecified atom stereocenters. The van der Waals surface area contributed by atoms with Gasteiger partial charge < -0.3 is 16.8 Å². The minimum absolute atomic E-state index is 0.262. The van der Waals surface area contributed by atoms with E-state index in [9.17, 15) is 4.79 Å². The maximum atomic E-state index is 11.5. The smallest absolute Gasteiger partial charge is 0.250 e. The fourth-order valence-corrected chi connectivity index (χ4v) is 3.04. The molecule has 1 aliphatic carbocycles. The molecule has 7 heteroatoms. The molecule has 1 heterocycles. The topological polar surface area (TPSA) is 94.0 Å². The van der Waals surface area contributed by atoms with E-state index < -0.39 is 5.91 Å². The van der Waals surface area contributed by atoms with Gasteiger partial charge in [0.25, 0.3) is 5.91 Å². The number of hydrogen-bond acceptors (Lipinski definition) is 5. The largest absolute Gasteiger partial charge is 0.399 e. The van der Waals surface area contributed by atoms with Crippen LogP contribution in [-0.2, 0) is 0 Å². The van der Waals surface area contributed by atoms with E-state index in [0.717, 1.165) is 5.69 Å². The van der Waals surface area contributed by atoms with Crippen LogP contribution in [0.4, 0.5) is 16.5 Å². The Morgan fingerprint density at radius 1 is 1.45 bits per heavy atom. The summed E-state index contributed by atoms with van der Waals surface area (Å²) >= 11 is 7.62. The Balaban J connectivity index is 1.94. The highest BCUT2D eigenvalue weighted by Crippen LogP contribution is 2.41. The Morgan fingerprint density at radius 2 is 2.20 bits per heavy atom. The lowest BCUT2D eigenvalue weighted by molar-refractivity contribution is 0.100. The summed E-state index contributed by atoms with van der Waals surface area (Å²) in [6, 6.07) is 3.08. The second kappa shape index (κ2) is 4.96. The van der Waals surface area contributed by atoms with Crippen LogP contribution in [0.25, 0.3) is 0 Å². The van der Waals surface area contributed by atoms with E-state index in [1.165, 1.54) is 30.2 Å². The van der Waals surface area contributed by atoms with Crippen molar-refractivity contribution < 1.29 is 4.79 Å². The van der Waals surface area contributed by atoms with Gasteiger partial charge in [0.1, 0.15) is 0 Å². The number of nitrogens with one attached hydrogen (secondary N) is 1. The summed E-state index contributed by atoms with van der Waals surface area (Å²) < 4.78 is 0. The van der Waals surface area contributed by atoms with E-state index in [-0.39, 0.29) is 5.56 Å². The van der Waals surface area contributed by atoms with Gasteiger partial charge in [-0.1, -0.05) is 11.6 Å². The van der Waals surface area contributed by atoms with E-state index in [2.05, 4.69) is 10.3 Å². The first-order valence-electron chi connectivity index (χ1n) is 6.16. The first kappa shape index (κ1) is 13.2. The highest BCUT2D eigenvalue weighted by molar-refractivity contribution is 7.13. The molecule has 5 N–H and O–H groups in total. The molecular formula is C13H13ClN4OS. The number of rotatable bonds is 4. The molecule has 0 atom stereocenters. The quantitative estimate of drug-likeness (QED) is 0.756. The Morgan fingerprint density at radius 3 is 2.85 bits per heavy atom. The number of primary amides is 1. The molecule has 0 spiro atoms. The van der Waals surface area contributed by atoms with Crippen LogP contribution in [0.15, 0.2) is 17.5 Å². The first-order valence-corrected chi connectivity index (χ1v) is 7.41. The van der Waals surface area contributed by atoms with Crippen molar-refractivity contribution in [3.05, 3.63) is 33.8 Å². The number of carbonyl (C=O) groups excluding carboxylic acids is 1. The van der Waals surface area contributed by atoms with Crippen LogP contribution in [0.2, 0.25) is 5.02 Å². The normalized spacial score (nSPS) is 14.2. The molecule has 1 amide bonds. The highest BCUT2D eigenvalue weighted by Gasteiger charge is 2.26. The number of amides is 1. The molecule has 20 heavy (non-hydrogen) atoms. The number of benzene rings is 1. The zero-order chi connectivity index (χ0) is 14.3. The number of nitrogens with zero attached hydrogens (tertiary/aromatic N) is 1. The van der Waals surface area contributed by atoms with Crippen molar-refractivity contribution in [2.75, 3.05) is 11.1 Å². The third-order valence-corrected chi connectivity index (χ3v) is 4.20. The second-order valence-corrected chi connectivity index (χ2v) is 6.03. The molecule has 0 bridgehead atoms. The third kappa shape index (κ3) is 2.57. The molecule has 0 saturated heterocycles. The number of halogens is 1. The summed E-state index contributed by atoms with van der Waals surface area (Å²) in [5.41, 5.74) is 13.2. The van der Waals surface area contributed by atoms with E-state index in [0.29, 0.717) is 27.4 Å². The van der Waals surface area contributed by atoms with Crippen molar-refractivity contribution in [2.24, 2.45) is 5.73 Å². The van der Waals surface area contributed by atoms with Gasteiger partial charge in [-0.05, 0) is 25.0 Å². The minimum Gasteiger partial charge on any atom is -0.399 e. The number of hydrogen-bond donors (Lipinski definition) is 3. The summed E-state index contributed by atoms with van der Waals surface area (Å²) in [5, 5.41) is 6.14. The fourth-order valence-electron chi connectivity index (χ4n) is 1.97. The Hall–Kier alpha value is -1.79. The lowest BCUT2D eigenvalue weighted by Gasteiger charge is -2.11. The van der Waals surface area contributed by atoms with E-state index in [1.807, 2.05) is 5.38 Å². The Labute approximate surface area is 124 Å². The number of aromatic nitrogens is 1. The molecule has 5 nitrogen and oxygen atoms in total. The average Bonchev–Trinajstić information content (AvgIpc) is 3.12. The van der Waals surface area contributed by atoms with E-state index in [4.69, 9.17) is 23.1 Å². The van der Waals surface area contributed by atoms with Gasteiger partial charge in [0.05, 0.1) is 22.0 Å². The minimum atomic E-state index is -0.583. The van der Waals surface area contributed by atoms with Crippen LogP contribution in [0.3, 0.4) is 0 Å². The Kier molecular flexibility index (Phi) is 3.27. The third-order valence-electron chi connectivity index (χ3n) is 3.13. The summed E-state index contributed by atoms with van der Waals surface area (Å²) in [5.74, 6) is -0.0000249. The van der Waals surface area contributed by atoms with Gasteiger partial charge >= 0.3 is 0 Å². The predicted molar refractivity (Wildman–Crippen MR) is 81.8 cm³/mol. The zero-order valence-corrected chi connectivity index (χ0v) is 12.1. The van der Waals surface area contributed by atoms with Crippen molar-refractivity contribution in [1.82, 2.24) is 4.98 Å². The van der Waals surface area contributed by atoms with Crippen LogP contribution in [-0.4, -0.2) is 10.9 Å². The number of carbonyl (C=O) groups is 1. The van der Waals surface area contributed by atoms with Crippen LogP contribution in [0, 0.1) is 0 Å². The van der Waals surface area contributed by atoms with Crippen LogP contribution in [0.1, 0.15) is 34.8 Å². The molecule has 0 radical (unpaired) electrons. The maximum absolute atomic E-state index is 11.5. The van der Waals surface area contributed by atoms with Gasteiger partial charge in [-0.15, -0.1) is 11.3 Å². The van der Waals surface area contributed by atoms with Gasteiger partial charge in [-0.2, -0.15) is 0 Å². The van der Waals surface area contributed by atoms with Gasteiger partial charge in [-0.25, -0.2) is 4.98 Å². The standard InChI is InChI=1S/C13H13ClN4OS/c14-9-4-7(15)3-8(12(16)19)11(9)18-13-17-10(5-20-13)6-1-2-6/h3-6H,1-2,15H2,(H2,16,19)(H,17,18). The van der Waals surface area contributed by atoms with E-state index >= 15 is 0 Å². The average molecular weight is 309 g/mol. The predicted octanol–water partition coefficient (Wildman–Crippen LogP) is 3.10. The van der Waals surface area contributed by atoms with Crippen LogP contribution < -0.4 is 16.8 Å². The summed E-state index contributed by atoms with van der Waals surface area (Å²) in [6.45, 7) is 0. The molecule has 3 rings (SSSR count). The molecule has 1 aliphatic rings. The molecule has 1 aromatic heterocycles. The first-order chi connectivity index (χ1) is 9.54. The van der Waals surface area contributed by atoms with E-state index in [1.54, 1.807) is 6.07 Å². The summed E-state index contributed by atoms with van der Waals surface area (Å²) in [6.07, 6.45) is 2.39. The SMILES string of the molecule is NC(=O)c1cc(N)cc(Cl)c1Nc1nc(C2CC2)cs1. The van der Waals surface area contributed by atoms with Crippen molar-refractivity contribution in [2.45, 2.75) is 18.8 Å². The summed E-state index contributed by atoms with van der Waals surface area (Å²) in [4.78, 5) is 16.0. The molecule has 1 saturated carbocycles. The van der Waals surface area contributed by atoms with Gasteiger partial charge in [0.2, 0.25) is 0 Å². The molecule has 1 aromatic carbocycles. The van der Waals surface area contributed by atoms with Crippen molar-refractivity contribution in [1.29, 1.82) is 0 Å². The number of nitrogens with two attached hydrogens (primary N) is 2. The van der Waals surface area contributed by atoms with Gasteiger partial charge in [-0.3, -0.25) is 4.79 Å². The highest BCUT2D eigenvalue weighted by atomic mass is 35.5. The zero-order valence-electron chi connectivity index (χ0n) is 10.5. The fraction of sp³-hybridized carbons (Fsp3) is 0.231.